The van der Waals surface area contributed by atoms with Crippen molar-refractivity contribution < 1.29 is 13.9 Å². The van der Waals surface area contributed by atoms with Gasteiger partial charge in [0.05, 0.1) is 19.7 Å². The van der Waals surface area contributed by atoms with E-state index in [9.17, 15) is 9.59 Å². The van der Waals surface area contributed by atoms with Crippen molar-refractivity contribution in [3.63, 3.8) is 0 Å². The molecule has 0 saturated carbocycles. The van der Waals surface area contributed by atoms with E-state index in [1.165, 1.54) is 13.2 Å². The van der Waals surface area contributed by atoms with Crippen LogP contribution in [0.3, 0.4) is 0 Å². The minimum atomic E-state index is -0.215. The van der Waals surface area contributed by atoms with Gasteiger partial charge in [0.15, 0.2) is 0 Å². The largest absolute Gasteiger partial charge is 0.496 e. The second-order valence-corrected chi connectivity index (χ2v) is 7.90. The number of ether oxygens (including phenoxy) is 1. The summed E-state index contributed by atoms with van der Waals surface area (Å²) >= 11 is 0. The van der Waals surface area contributed by atoms with Crippen molar-refractivity contribution in [2.45, 2.75) is 25.9 Å². The maximum Gasteiger partial charge on any atom is 0.256 e. The number of hydrogen-bond acceptors (Lipinski definition) is 6. The van der Waals surface area contributed by atoms with Gasteiger partial charge in [-0.3, -0.25) is 14.5 Å². The first-order chi connectivity index (χ1) is 16.2. The number of rotatable bonds is 9. The number of nitrogens with zero attached hydrogens (tertiary/aromatic N) is 4. The number of aryl methyl sites for hydroxylation is 1. The highest BCUT2D eigenvalue weighted by Gasteiger charge is 2.24. The molecule has 0 aromatic carbocycles. The molecule has 1 amide bonds. The SMILES string of the molecule is COc1cc(=O)n2c(c1C(=O)NCCCn1ccnc1)CCN(C/C=C/c1ccco1)CC2. The second-order valence-electron chi connectivity index (χ2n) is 7.90. The van der Waals surface area contributed by atoms with Crippen molar-refractivity contribution in [1.82, 2.24) is 24.3 Å². The first-order valence-electron chi connectivity index (χ1n) is 11.1. The second kappa shape index (κ2) is 10.8. The van der Waals surface area contributed by atoms with Crippen molar-refractivity contribution >= 4 is 12.0 Å². The monoisotopic (exact) mass is 451 g/mol. The van der Waals surface area contributed by atoms with Crippen molar-refractivity contribution in [2.75, 3.05) is 33.3 Å². The normalized spacial score (nSPS) is 14.2. The molecule has 3 aromatic heterocycles. The lowest BCUT2D eigenvalue weighted by molar-refractivity contribution is 0.0947. The lowest BCUT2D eigenvalue weighted by Crippen LogP contribution is -2.32. The Morgan fingerprint density at radius 1 is 1.33 bits per heavy atom. The number of carbonyl (C=O) groups excluding carboxylic acids is 1. The van der Waals surface area contributed by atoms with E-state index in [4.69, 9.17) is 9.15 Å². The van der Waals surface area contributed by atoms with E-state index in [0.717, 1.165) is 37.5 Å². The standard InChI is InChI=1S/C24H29N5O4/c1-32-21-17-22(30)29-15-14-27(10-2-5-19-6-3-16-33-19)12-7-20(29)23(21)24(31)26-8-4-11-28-13-9-25-18-28/h2-3,5-6,9,13,16-18H,4,7-8,10-12,14-15H2,1H3,(H,26,31)/b5-2+. The van der Waals surface area contributed by atoms with Crippen LogP contribution in [0.2, 0.25) is 0 Å². The van der Waals surface area contributed by atoms with Crippen molar-refractivity contribution in [3.8, 4) is 5.75 Å². The number of imidazole rings is 1. The quantitative estimate of drug-likeness (QED) is 0.501. The van der Waals surface area contributed by atoms with Crippen LogP contribution >= 0.6 is 0 Å². The van der Waals surface area contributed by atoms with Crippen LogP contribution < -0.4 is 15.6 Å². The van der Waals surface area contributed by atoms with Gasteiger partial charge in [-0.15, -0.1) is 0 Å². The fourth-order valence-corrected chi connectivity index (χ4v) is 4.06. The lowest BCUT2D eigenvalue weighted by Gasteiger charge is -2.17. The number of pyridine rings is 1. The fraction of sp³-hybridized carbons (Fsp3) is 0.375. The number of furan rings is 1. The van der Waals surface area contributed by atoms with Crippen LogP contribution in [0.25, 0.3) is 6.08 Å². The Morgan fingerprint density at radius 3 is 3.00 bits per heavy atom. The maximum absolute atomic E-state index is 13.1. The Hall–Kier alpha value is -3.59. The van der Waals surface area contributed by atoms with E-state index < -0.39 is 0 Å². The highest BCUT2D eigenvalue weighted by Crippen LogP contribution is 2.22. The molecule has 174 valence electrons. The van der Waals surface area contributed by atoms with Gasteiger partial charge >= 0.3 is 0 Å². The predicted octanol–water partition coefficient (Wildman–Crippen LogP) is 2.04. The number of carbonyl (C=O) groups is 1. The minimum absolute atomic E-state index is 0.147. The third-order valence-corrected chi connectivity index (χ3v) is 5.76. The molecule has 1 N–H and O–H groups in total. The average molecular weight is 452 g/mol. The Kier molecular flexibility index (Phi) is 7.41. The molecule has 4 rings (SSSR count). The molecule has 0 saturated heterocycles. The molecular weight excluding hydrogens is 422 g/mol. The molecule has 9 nitrogen and oxygen atoms in total. The number of aromatic nitrogens is 3. The highest BCUT2D eigenvalue weighted by atomic mass is 16.5. The summed E-state index contributed by atoms with van der Waals surface area (Å²) in [5, 5.41) is 2.98. The lowest BCUT2D eigenvalue weighted by atomic mass is 10.1. The van der Waals surface area contributed by atoms with Crippen molar-refractivity contribution in [3.05, 3.63) is 76.6 Å². The smallest absolute Gasteiger partial charge is 0.256 e. The summed E-state index contributed by atoms with van der Waals surface area (Å²) in [6.45, 7) is 3.99. The van der Waals surface area contributed by atoms with Gasteiger partial charge in [0.2, 0.25) is 0 Å². The Morgan fingerprint density at radius 2 is 2.24 bits per heavy atom. The van der Waals surface area contributed by atoms with E-state index >= 15 is 0 Å². The zero-order valence-electron chi connectivity index (χ0n) is 18.8. The number of fused-ring (bicyclic) bond motifs is 1. The summed E-state index contributed by atoms with van der Waals surface area (Å²) in [5.74, 6) is 0.915. The third kappa shape index (κ3) is 5.61. The van der Waals surface area contributed by atoms with Crippen LogP contribution in [0.15, 0.2) is 58.5 Å². The summed E-state index contributed by atoms with van der Waals surface area (Å²) in [6.07, 6.45) is 12.4. The van der Waals surface area contributed by atoms with Gasteiger partial charge < -0.3 is 23.6 Å². The molecule has 0 spiro atoms. The first kappa shape index (κ1) is 22.6. The molecule has 0 bridgehead atoms. The molecule has 3 aromatic rings. The molecule has 4 heterocycles. The first-order valence-corrected chi connectivity index (χ1v) is 11.1. The van der Waals surface area contributed by atoms with Gasteiger partial charge in [-0.05, 0) is 24.6 Å². The number of amides is 1. The molecule has 1 aliphatic rings. The van der Waals surface area contributed by atoms with Crippen LogP contribution in [0.1, 0.15) is 28.2 Å². The van der Waals surface area contributed by atoms with E-state index in [1.54, 1.807) is 23.4 Å². The van der Waals surface area contributed by atoms with E-state index in [1.807, 2.05) is 35.0 Å². The van der Waals surface area contributed by atoms with Crippen LogP contribution in [0, 0.1) is 0 Å². The minimum Gasteiger partial charge on any atom is -0.496 e. The summed E-state index contributed by atoms with van der Waals surface area (Å²) in [7, 11) is 1.49. The topological polar surface area (TPSA) is 94.5 Å². The zero-order chi connectivity index (χ0) is 23.0. The van der Waals surface area contributed by atoms with Gasteiger partial charge in [0.1, 0.15) is 17.1 Å². The van der Waals surface area contributed by atoms with Crippen LogP contribution in [0.5, 0.6) is 5.75 Å². The van der Waals surface area contributed by atoms with Gasteiger partial charge in [-0.2, -0.15) is 0 Å². The summed E-state index contributed by atoms with van der Waals surface area (Å²) in [6, 6.07) is 5.17. The molecule has 1 aliphatic heterocycles. The molecule has 0 radical (unpaired) electrons. The number of methoxy groups -OCH3 is 1. The van der Waals surface area contributed by atoms with Crippen molar-refractivity contribution in [2.24, 2.45) is 0 Å². The third-order valence-electron chi connectivity index (χ3n) is 5.76. The average Bonchev–Trinajstić information content (AvgIpc) is 3.49. The summed E-state index contributed by atoms with van der Waals surface area (Å²) in [4.78, 5) is 32.1. The highest BCUT2D eigenvalue weighted by molar-refractivity contribution is 5.98. The molecule has 0 unspecified atom stereocenters. The zero-order valence-corrected chi connectivity index (χ0v) is 18.8. The van der Waals surface area contributed by atoms with Crippen LogP contribution in [-0.4, -0.2) is 58.2 Å². The molecule has 9 heteroatoms. The van der Waals surface area contributed by atoms with E-state index in [0.29, 0.717) is 37.4 Å². The molecule has 0 aliphatic carbocycles. The Labute approximate surface area is 192 Å². The summed E-state index contributed by atoms with van der Waals surface area (Å²) < 4.78 is 14.4. The maximum atomic E-state index is 13.1. The number of nitrogens with one attached hydrogen (secondary N) is 1. The predicted molar refractivity (Wildman–Crippen MR) is 124 cm³/mol. The van der Waals surface area contributed by atoms with E-state index in [-0.39, 0.29) is 11.5 Å². The molecule has 33 heavy (non-hydrogen) atoms. The van der Waals surface area contributed by atoms with Gasteiger partial charge in [-0.25, -0.2) is 4.98 Å². The summed E-state index contributed by atoms with van der Waals surface area (Å²) in [5.41, 5.74) is 1.03. The molecule has 0 atom stereocenters. The van der Waals surface area contributed by atoms with Gasteiger partial charge in [0.25, 0.3) is 11.5 Å². The fourth-order valence-electron chi connectivity index (χ4n) is 4.06. The molecular formula is C24H29N5O4. The van der Waals surface area contributed by atoms with Gasteiger partial charge in [0, 0.05) is 69.8 Å². The van der Waals surface area contributed by atoms with Crippen LogP contribution in [0.4, 0.5) is 0 Å². The number of hydrogen-bond donors (Lipinski definition) is 1. The van der Waals surface area contributed by atoms with Gasteiger partial charge in [-0.1, -0.05) is 6.08 Å². The van der Waals surface area contributed by atoms with Crippen LogP contribution in [-0.2, 0) is 19.5 Å². The Bertz CT molecular complexity index is 1130. The van der Waals surface area contributed by atoms with Crippen molar-refractivity contribution in [1.29, 1.82) is 0 Å². The van der Waals surface area contributed by atoms with E-state index in [2.05, 4.69) is 15.2 Å². The molecule has 0 fully saturated rings. The Balaban J connectivity index is 1.44.